The van der Waals surface area contributed by atoms with Gasteiger partial charge in [-0.15, -0.1) is 0 Å². The van der Waals surface area contributed by atoms with Crippen LogP contribution in [0.1, 0.15) is 12.8 Å². The number of nitrogens with zero attached hydrogens (tertiary/aromatic N) is 2. The fraction of sp³-hybridized carbons (Fsp3) is 0.333. The standard InChI is InChI=1S/C12H12FN3O2/c13-8-3-4-9-10(7-8)16(18)12(11(17)14-9)15-5-1-2-6-15/h3-4,7H,1-2,5-6H2,(H,14,17). The van der Waals surface area contributed by atoms with E-state index < -0.39 is 11.4 Å². The van der Waals surface area contributed by atoms with Gasteiger partial charge in [0.25, 0.3) is 0 Å². The van der Waals surface area contributed by atoms with E-state index >= 15 is 0 Å². The molecular formula is C12H12FN3O2. The average molecular weight is 249 g/mol. The molecule has 1 aromatic carbocycles. The summed E-state index contributed by atoms with van der Waals surface area (Å²) in [7, 11) is 0. The summed E-state index contributed by atoms with van der Waals surface area (Å²) in [4.78, 5) is 16.3. The monoisotopic (exact) mass is 249 g/mol. The molecule has 0 saturated carbocycles. The predicted molar refractivity (Wildman–Crippen MR) is 64.9 cm³/mol. The van der Waals surface area contributed by atoms with Crippen LogP contribution in [0.2, 0.25) is 0 Å². The predicted octanol–water partition coefficient (Wildman–Crippen LogP) is 0.901. The second-order valence-corrected chi connectivity index (χ2v) is 4.43. The highest BCUT2D eigenvalue weighted by Gasteiger charge is 2.26. The van der Waals surface area contributed by atoms with Crippen LogP contribution in [0.25, 0.3) is 11.0 Å². The van der Waals surface area contributed by atoms with Gasteiger partial charge >= 0.3 is 11.4 Å². The van der Waals surface area contributed by atoms with Crippen LogP contribution in [-0.2, 0) is 0 Å². The van der Waals surface area contributed by atoms with Gasteiger partial charge in [0.15, 0.2) is 5.52 Å². The number of benzene rings is 1. The molecule has 1 aromatic heterocycles. The number of hydrogen-bond acceptors (Lipinski definition) is 3. The average Bonchev–Trinajstić information content (AvgIpc) is 2.84. The van der Waals surface area contributed by atoms with Gasteiger partial charge < -0.3 is 10.2 Å². The number of aromatic amines is 1. The van der Waals surface area contributed by atoms with Gasteiger partial charge in [0.1, 0.15) is 5.82 Å². The van der Waals surface area contributed by atoms with Crippen molar-refractivity contribution in [3.8, 4) is 0 Å². The quantitative estimate of drug-likeness (QED) is 0.603. The van der Waals surface area contributed by atoms with Crippen molar-refractivity contribution >= 4 is 16.9 Å². The molecule has 5 nitrogen and oxygen atoms in total. The van der Waals surface area contributed by atoms with Gasteiger partial charge in [-0.25, -0.2) is 9.12 Å². The van der Waals surface area contributed by atoms with E-state index in [9.17, 15) is 14.4 Å². The van der Waals surface area contributed by atoms with Crippen molar-refractivity contribution in [2.24, 2.45) is 0 Å². The number of H-pyrrole nitrogens is 1. The van der Waals surface area contributed by atoms with Gasteiger partial charge in [0.05, 0.1) is 18.6 Å². The van der Waals surface area contributed by atoms with Crippen molar-refractivity contribution < 1.29 is 9.12 Å². The summed E-state index contributed by atoms with van der Waals surface area (Å²) in [6.45, 7) is 1.37. The zero-order valence-corrected chi connectivity index (χ0v) is 9.65. The van der Waals surface area contributed by atoms with Crippen LogP contribution in [0.4, 0.5) is 10.2 Å². The number of halogens is 1. The first-order chi connectivity index (χ1) is 8.66. The molecule has 0 spiro atoms. The molecule has 1 fully saturated rings. The first-order valence-corrected chi connectivity index (χ1v) is 5.87. The Morgan fingerprint density at radius 1 is 1.33 bits per heavy atom. The molecular weight excluding hydrogens is 237 g/mol. The Hall–Kier alpha value is -2.11. The maximum atomic E-state index is 13.2. The van der Waals surface area contributed by atoms with Gasteiger partial charge in [-0.2, -0.15) is 0 Å². The molecule has 0 radical (unpaired) electrons. The Morgan fingerprint density at radius 2 is 2.06 bits per heavy atom. The van der Waals surface area contributed by atoms with Crippen LogP contribution < -0.4 is 15.2 Å². The number of nitrogens with one attached hydrogen (secondary N) is 1. The van der Waals surface area contributed by atoms with Crippen molar-refractivity contribution in [1.82, 2.24) is 4.98 Å². The van der Waals surface area contributed by atoms with Gasteiger partial charge in [-0.3, -0.25) is 9.69 Å². The number of hydrogen-bond donors (Lipinski definition) is 1. The zero-order valence-electron chi connectivity index (χ0n) is 9.65. The van der Waals surface area contributed by atoms with E-state index in [1.165, 1.54) is 12.1 Å². The number of rotatable bonds is 1. The Bertz CT molecular complexity index is 662. The summed E-state index contributed by atoms with van der Waals surface area (Å²) >= 11 is 0. The molecule has 18 heavy (non-hydrogen) atoms. The molecule has 0 aliphatic carbocycles. The third kappa shape index (κ3) is 1.61. The third-order valence-corrected chi connectivity index (χ3v) is 3.23. The van der Waals surface area contributed by atoms with E-state index in [1.807, 2.05) is 0 Å². The minimum atomic E-state index is -0.494. The molecule has 94 valence electrons. The lowest BCUT2D eigenvalue weighted by atomic mass is 10.3. The van der Waals surface area contributed by atoms with E-state index in [4.69, 9.17) is 0 Å². The molecule has 0 unspecified atom stereocenters. The molecule has 0 bridgehead atoms. The first-order valence-electron chi connectivity index (χ1n) is 5.87. The van der Waals surface area contributed by atoms with E-state index in [1.54, 1.807) is 4.90 Å². The lowest BCUT2D eigenvalue weighted by molar-refractivity contribution is -0.564. The second kappa shape index (κ2) is 3.97. The Kier molecular flexibility index (Phi) is 2.43. The van der Waals surface area contributed by atoms with Crippen LogP contribution in [0.3, 0.4) is 0 Å². The molecule has 6 heteroatoms. The molecule has 2 aromatic rings. The highest BCUT2D eigenvalue weighted by Crippen LogP contribution is 2.15. The molecule has 1 saturated heterocycles. The van der Waals surface area contributed by atoms with Crippen LogP contribution in [-0.4, -0.2) is 18.1 Å². The van der Waals surface area contributed by atoms with Crippen LogP contribution >= 0.6 is 0 Å². The largest absolute Gasteiger partial charge is 0.710 e. The van der Waals surface area contributed by atoms with Crippen molar-refractivity contribution in [3.63, 3.8) is 0 Å². The maximum absolute atomic E-state index is 13.2. The lowest BCUT2D eigenvalue weighted by Crippen LogP contribution is -2.43. The third-order valence-electron chi connectivity index (χ3n) is 3.23. The van der Waals surface area contributed by atoms with Gasteiger partial charge in [-0.1, -0.05) is 0 Å². The maximum Gasteiger partial charge on any atom is 0.346 e. The van der Waals surface area contributed by atoms with Crippen molar-refractivity contribution in [1.29, 1.82) is 0 Å². The van der Waals surface area contributed by atoms with Crippen molar-refractivity contribution in [3.05, 3.63) is 39.6 Å². The topological polar surface area (TPSA) is 63.0 Å². The summed E-state index contributed by atoms with van der Waals surface area (Å²) in [5.41, 5.74) is 0.0712. The highest BCUT2D eigenvalue weighted by atomic mass is 19.1. The Balaban J connectivity index is 2.28. The van der Waals surface area contributed by atoms with E-state index in [2.05, 4.69) is 4.98 Å². The molecule has 2 heterocycles. The first kappa shape index (κ1) is 11.0. The lowest BCUT2D eigenvalue weighted by Gasteiger charge is -2.16. The van der Waals surface area contributed by atoms with Crippen LogP contribution in [0.5, 0.6) is 0 Å². The molecule has 1 N–H and O–H groups in total. The molecule has 3 rings (SSSR count). The summed E-state index contributed by atoms with van der Waals surface area (Å²) in [5, 5.41) is 12.2. The normalized spacial score (nSPS) is 15.5. The van der Waals surface area contributed by atoms with E-state index in [0.29, 0.717) is 23.3 Å². The Morgan fingerprint density at radius 3 is 2.78 bits per heavy atom. The highest BCUT2D eigenvalue weighted by molar-refractivity contribution is 5.71. The number of anilines is 1. The zero-order chi connectivity index (χ0) is 12.7. The number of fused-ring (bicyclic) bond motifs is 1. The summed E-state index contributed by atoms with van der Waals surface area (Å²) in [6.07, 6.45) is 1.92. The molecule has 0 amide bonds. The summed E-state index contributed by atoms with van der Waals surface area (Å²) in [5.74, 6) is -0.433. The number of aromatic nitrogens is 2. The van der Waals surface area contributed by atoms with Crippen LogP contribution in [0.15, 0.2) is 23.0 Å². The van der Waals surface area contributed by atoms with E-state index in [0.717, 1.165) is 18.9 Å². The SMILES string of the molecule is O=c1[nH]c2ccc(F)cc2[n+]([O-])c1N1CCCC1. The molecule has 1 aliphatic rings. The summed E-state index contributed by atoms with van der Waals surface area (Å²) < 4.78 is 13.7. The van der Waals surface area contributed by atoms with Gasteiger partial charge in [0, 0.05) is 6.07 Å². The minimum Gasteiger partial charge on any atom is -0.710 e. The fourth-order valence-electron chi connectivity index (χ4n) is 2.36. The van der Waals surface area contributed by atoms with Gasteiger partial charge in [0.2, 0.25) is 0 Å². The Labute approximate surface area is 102 Å². The fourth-order valence-corrected chi connectivity index (χ4v) is 2.36. The van der Waals surface area contributed by atoms with Crippen molar-refractivity contribution in [2.75, 3.05) is 18.0 Å². The van der Waals surface area contributed by atoms with Crippen LogP contribution in [0, 0.1) is 11.0 Å². The smallest absolute Gasteiger partial charge is 0.346 e. The van der Waals surface area contributed by atoms with Gasteiger partial charge in [-0.05, 0) is 25.0 Å². The summed E-state index contributed by atoms with van der Waals surface area (Å²) in [6, 6.07) is 3.75. The molecule has 1 aliphatic heterocycles. The minimum absolute atomic E-state index is 0.0607. The second-order valence-electron chi connectivity index (χ2n) is 4.43. The van der Waals surface area contributed by atoms with Crippen molar-refractivity contribution in [2.45, 2.75) is 12.8 Å². The van der Waals surface area contributed by atoms with E-state index in [-0.39, 0.29) is 11.3 Å². The molecule has 0 atom stereocenters.